The number of aryl methyl sites for hydroxylation is 3. The highest BCUT2D eigenvalue weighted by molar-refractivity contribution is 5.18. The Labute approximate surface area is 114 Å². The van der Waals surface area contributed by atoms with E-state index >= 15 is 0 Å². The largest absolute Gasteiger partial charge is 0.467 e. The van der Waals surface area contributed by atoms with Crippen LogP contribution in [0.3, 0.4) is 0 Å². The molecule has 0 amide bonds. The third-order valence-corrected chi connectivity index (χ3v) is 3.44. The molecule has 0 bridgehead atoms. The van der Waals surface area contributed by atoms with Crippen molar-refractivity contribution in [2.75, 3.05) is 6.54 Å². The first-order valence-corrected chi connectivity index (χ1v) is 6.96. The van der Waals surface area contributed by atoms with Crippen molar-refractivity contribution >= 4 is 0 Å². The zero-order valence-corrected chi connectivity index (χ0v) is 12.0. The summed E-state index contributed by atoms with van der Waals surface area (Å²) in [6, 6.07) is 2.29. The highest BCUT2D eigenvalue weighted by atomic mass is 16.3. The van der Waals surface area contributed by atoms with Crippen LogP contribution in [-0.2, 0) is 13.5 Å². The molecule has 0 spiro atoms. The molecule has 0 fully saturated rings. The predicted molar refractivity (Wildman–Crippen MR) is 76.0 cm³/mol. The number of hydrogen-bond donors (Lipinski definition) is 1. The van der Waals surface area contributed by atoms with E-state index in [1.54, 1.807) is 6.26 Å². The van der Waals surface area contributed by atoms with Gasteiger partial charge in [0.05, 0.1) is 12.3 Å². The predicted octanol–water partition coefficient (Wildman–Crippen LogP) is 3.00. The van der Waals surface area contributed by atoms with Gasteiger partial charge in [-0.1, -0.05) is 6.92 Å². The summed E-state index contributed by atoms with van der Waals surface area (Å²) < 4.78 is 7.71. The van der Waals surface area contributed by atoms with Gasteiger partial charge < -0.3 is 14.3 Å². The second-order valence-corrected chi connectivity index (χ2v) is 4.97. The van der Waals surface area contributed by atoms with Crippen LogP contribution in [0, 0.1) is 6.92 Å². The molecule has 0 aliphatic carbocycles. The van der Waals surface area contributed by atoms with Crippen LogP contribution in [0.1, 0.15) is 43.0 Å². The number of rotatable bonds is 7. The molecule has 0 aliphatic heterocycles. The standard InChI is InChI=1S/C15H23N3O/c1-4-8-16-13(15-12(2)7-11-19-15)5-6-14-17-9-10-18(14)3/h7,9-11,13,16H,4-6,8H2,1-3H3. The van der Waals surface area contributed by atoms with Crippen LogP contribution in [0.15, 0.2) is 29.1 Å². The first-order valence-electron chi connectivity index (χ1n) is 6.96. The summed E-state index contributed by atoms with van der Waals surface area (Å²) in [5, 5.41) is 3.56. The Bertz CT molecular complexity index is 501. The normalized spacial score (nSPS) is 12.8. The second kappa shape index (κ2) is 6.57. The molecule has 0 saturated heterocycles. The molecule has 4 heteroatoms. The first-order chi connectivity index (χ1) is 9.22. The molecule has 2 heterocycles. The summed E-state index contributed by atoms with van der Waals surface area (Å²) in [6.45, 7) is 5.28. The van der Waals surface area contributed by atoms with Gasteiger partial charge >= 0.3 is 0 Å². The molecule has 0 radical (unpaired) electrons. The number of nitrogens with one attached hydrogen (secondary N) is 1. The van der Waals surface area contributed by atoms with E-state index in [0.29, 0.717) is 0 Å². The summed E-state index contributed by atoms with van der Waals surface area (Å²) >= 11 is 0. The first kappa shape index (κ1) is 13.9. The van der Waals surface area contributed by atoms with Gasteiger partial charge in [-0.05, 0) is 37.9 Å². The molecule has 4 nitrogen and oxygen atoms in total. The highest BCUT2D eigenvalue weighted by Gasteiger charge is 2.17. The summed E-state index contributed by atoms with van der Waals surface area (Å²) in [5.41, 5.74) is 1.22. The summed E-state index contributed by atoms with van der Waals surface area (Å²) in [7, 11) is 2.04. The van der Waals surface area contributed by atoms with Gasteiger partial charge in [-0.3, -0.25) is 0 Å². The van der Waals surface area contributed by atoms with Crippen LogP contribution < -0.4 is 5.32 Å². The van der Waals surface area contributed by atoms with Gasteiger partial charge in [-0.25, -0.2) is 4.98 Å². The van der Waals surface area contributed by atoms with E-state index in [9.17, 15) is 0 Å². The molecule has 19 heavy (non-hydrogen) atoms. The van der Waals surface area contributed by atoms with Crippen molar-refractivity contribution in [3.63, 3.8) is 0 Å². The molecule has 2 aromatic heterocycles. The summed E-state index contributed by atoms with van der Waals surface area (Å²) in [6.07, 6.45) is 8.68. The quantitative estimate of drug-likeness (QED) is 0.833. The maximum atomic E-state index is 5.63. The van der Waals surface area contributed by atoms with Gasteiger partial charge in [0, 0.05) is 25.9 Å². The average Bonchev–Trinajstić information content (AvgIpc) is 2.99. The van der Waals surface area contributed by atoms with Gasteiger partial charge in [0.15, 0.2) is 0 Å². The van der Waals surface area contributed by atoms with E-state index in [-0.39, 0.29) is 6.04 Å². The molecular weight excluding hydrogens is 238 g/mol. The third kappa shape index (κ3) is 3.47. The molecule has 1 atom stereocenters. The Morgan fingerprint density at radius 2 is 2.32 bits per heavy atom. The lowest BCUT2D eigenvalue weighted by atomic mass is 10.1. The Kier molecular flexibility index (Phi) is 4.80. The van der Waals surface area contributed by atoms with Crippen LogP contribution in [0.2, 0.25) is 0 Å². The van der Waals surface area contributed by atoms with E-state index in [1.165, 1.54) is 5.56 Å². The molecular formula is C15H23N3O. The van der Waals surface area contributed by atoms with Crippen LogP contribution in [0.4, 0.5) is 0 Å². The minimum absolute atomic E-state index is 0.270. The van der Waals surface area contributed by atoms with Crippen molar-refractivity contribution in [3.05, 3.63) is 41.9 Å². The van der Waals surface area contributed by atoms with Gasteiger partial charge in [0.1, 0.15) is 11.6 Å². The molecule has 0 saturated carbocycles. The van der Waals surface area contributed by atoms with Gasteiger partial charge in [0.25, 0.3) is 0 Å². The van der Waals surface area contributed by atoms with Crippen molar-refractivity contribution in [1.29, 1.82) is 0 Å². The van der Waals surface area contributed by atoms with Crippen LogP contribution in [-0.4, -0.2) is 16.1 Å². The molecule has 1 N–H and O–H groups in total. The molecule has 0 aromatic carbocycles. The van der Waals surface area contributed by atoms with E-state index in [1.807, 2.05) is 25.5 Å². The fourth-order valence-corrected chi connectivity index (χ4v) is 2.30. The van der Waals surface area contributed by atoms with Crippen LogP contribution in [0.25, 0.3) is 0 Å². The number of aromatic nitrogens is 2. The van der Waals surface area contributed by atoms with E-state index in [4.69, 9.17) is 4.42 Å². The van der Waals surface area contributed by atoms with Crippen molar-refractivity contribution in [3.8, 4) is 0 Å². The lowest BCUT2D eigenvalue weighted by molar-refractivity contribution is 0.390. The van der Waals surface area contributed by atoms with Crippen molar-refractivity contribution < 1.29 is 4.42 Å². The van der Waals surface area contributed by atoms with E-state index < -0.39 is 0 Å². The second-order valence-electron chi connectivity index (χ2n) is 4.97. The van der Waals surface area contributed by atoms with E-state index in [2.05, 4.69) is 28.7 Å². The minimum Gasteiger partial charge on any atom is -0.467 e. The van der Waals surface area contributed by atoms with Crippen LogP contribution >= 0.6 is 0 Å². The SMILES string of the molecule is CCCNC(CCc1nccn1C)c1occc1C. The molecule has 0 aliphatic rings. The maximum absolute atomic E-state index is 5.63. The van der Waals surface area contributed by atoms with Crippen LogP contribution in [0.5, 0.6) is 0 Å². The molecule has 104 valence electrons. The Morgan fingerprint density at radius 1 is 1.47 bits per heavy atom. The topological polar surface area (TPSA) is 43.0 Å². The number of nitrogens with zero attached hydrogens (tertiary/aromatic N) is 2. The Morgan fingerprint density at radius 3 is 2.89 bits per heavy atom. The van der Waals surface area contributed by atoms with Gasteiger partial charge in [-0.15, -0.1) is 0 Å². The number of furan rings is 1. The third-order valence-electron chi connectivity index (χ3n) is 3.44. The lowest BCUT2D eigenvalue weighted by Crippen LogP contribution is -2.23. The number of hydrogen-bond acceptors (Lipinski definition) is 3. The summed E-state index contributed by atoms with van der Waals surface area (Å²) in [4.78, 5) is 4.38. The number of imidazole rings is 1. The minimum atomic E-state index is 0.270. The van der Waals surface area contributed by atoms with Crippen molar-refractivity contribution in [1.82, 2.24) is 14.9 Å². The highest BCUT2D eigenvalue weighted by Crippen LogP contribution is 2.23. The van der Waals surface area contributed by atoms with Crippen molar-refractivity contribution in [2.24, 2.45) is 7.05 Å². The van der Waals surface area contributed by atoms with E-state index in [0.717, 1.165) is 37.4 Å². The van der Waals surface area contributed by atoms with Gasteiger partial charge in [0.2, 0.25) is 0 Å². The monoisotopic (exact) mass is 261 g/mol. The maximum Gasteiger partial charge on any atom is 0.123 e. The fraction of sp³-hybridized carbons (Fsp3) is 0.533. The summed E-state index contributed by atoms with van der Waals surface area (Å²) in [5.74, 6) is 2.18. The van der Waals surface area contributed by atoms with Gasteiger partial charge in [-0.2, -0.15) is 0 Å². The lowest BCUT2D eigenvalue weighted by Gasteiger charge is -2.17. The fourth-order valence-electron chi connectivity index (χ4n) is 2.30. The smallest absolute Gasteiger partial charge is 0.123 e. The molecule has 2 rings (SSSR count). The zero-order chi connectivity index (χ0) is 13.7. The molecule has 2 aromatic rings. The van der Waals surface area contributed by atoms with Crippen molar-refractivity contribution in [2.45, 2.75) is 39.2 Å². The average molecular weight is 261 g/mol. The molecule has 1 unspecified atom stereocenters. The zero-order valence-electron chi connectivity index (χ0n) is 12.0. The Hall–Kier alpha value is -1.55. The Balaban J connectivity index is 2.02.